The van der Waals surface area contributed by atoms with Crippen molar-refractivity contribution in [1.82, 2.24) is 14.9 Å². The molecule has 1 unspecified atom stereocenters. The number of primary amides is 1. The van der Waals surface area contributed by atoms with Gasteiger partial charge in [-0.3, -0.25) is 9.36 Å². The van der Waals surface area contributed by atoms with Crippen LogP contribution in [0.1, 0.15) is 46.7 Å². The quantitative estimate of drug-likeness (QED) is 0.325. The molecular formula is C26H27ClN4O4S2. The van der Waals surface area contributed by atoms with Gasteiger partial charge in [0.1, 0.15) is 28.1 Å². The Bertz CT molecular complexity index is 1560. The number of rotatable bonds is 8. The number of fused-ring (bicyclic) bond motifs is 1. The van der Waals surface area contributed by atoms with Crippen LogP contribution in [0.4, 0.5) is 0 Å². The van der Waals surface area contributed by atoms with E-state index in [0.717, 1.165) is 24.2 Å². The summed E-state index contributed by atoms with van der Waals surface area (Å²) < 4.78 is 34.0. The number of benzene rings is 2. The molecule has 0 radical (unpaired) electrons. The molecule has 0 saturated carbocycles. The first kappa shape index (κ1) is 25.7. The average molecular weight is 559 g/mol. The van der Waals surface area contributed by atoms with Crippen LogP contribution in [-0.4, -0.2) is 42.2 Å². The number of hydrogen-bond acceptors (Lipinski definition) is 7. The summed E-state index contributed by atoms with van der Waals surface area (Å²) in [6.07, 6.45) is 2.49. The van der Waals surface area contributed by atoms with Gasteiger partial charge in [0.15, 0.2) is 9.84 Å². The summed E-state index contributed by atoms with van der Waals surface area (Å²) in [6, 6.07) is 14.6. The Kier molecular flexibility index (Phi) is 7.26. The number of nitrogens with one attached hydrogen (secondary N) is 1. The van der Waals surface area contributed by atoms with Gasteiger partial charge in [-0.15, -0.1) is 11.3 Å². The van der Waals surface area contributed by atoms with Crippen molar-refractivity contribution in [3.63, 3.8) is 0 Å². The van der Waals surface area contributed by atoms with E-state index in [-0.39, 0.29) is 15.9 Å². The molecular weight excluding hydrogens is 532 g/mol. The lowest BCUT2D eigenvalue weighted by atomic mass is 10.1. The molecule has 5 rings (SSSR count). The number of nitrogens with zero attached hydrogens (tertiary/aromatic N) is 2. The number of thiophene rings is 1. The predicted molar refractivity (Wildman–Crippen MR) is 146 cm³/mol. The molecule has 3 heterocycles. The number of carbonyl (C=O) groups excluding carboxylic acids is 1. The van der Waals surface area contributed by atoms with E-state index < -0.39 is 21.8 Å². The van der Waals surface area contributed by atoms with Crippen molar-refractivity contribution < 1.29 is 17.9 Å². The van der Waals surface area contributed by atoms with Crippen LogP contribution in [0.3, 0.4) is 0 Å². The summed E-state index contributed by atoms with van der Waals surface area (Å²) in [5, 5.41) is 4.13. The first-order valence-corrected chi connectivity index (χ1v) is 14.9. The van der Waals surface area contributed by atoms with E-state index in [1.165, 1.54) is 11.3 Å². The molecule has 2 aromatic heterocycles. The maximum atomic E-state index is 13.0. The summed E-state index contributed by atoms with van der Waals surface area (Å²) in [7, 11) is -3.28. The number of sulfone groups is 1. The van der Waals surface area contributed by atoms with Gasteiger partial charge < -0.3 is 15.8 Å². The van der Waals surface area contributed by atoms with E-state index in [0.29, 0.717) is 39.7 Å². The predicted octanol–water partition coefficient (Wildman–Crippen LogP) is 4.65. The van der Waals surface area contributed by atoms with Gasteiger partial charge in [0.25, 0.3) is 5.91 Å². The number of hydrogen-bond donors (Lipinski definition) is 2. The van der Waals surface area contributed by atoms with Gasteiger partial charge in [0.2, 0.25) is 0 Å². The minimum absolute atomic E-state index is 0.0283. The molecule has 3 N–H and O–H groups in total. The lowest BCUT2D eigenvalue weighted by molar-refractivity contribution is 0.0998. The number of amides is 1. The highest BCUT2D eigenvalue weighted by molar-refractivity contribution is 7.91. The number of imidazole rings is 1. The summed E-state index contributed by atoms with van der Waals surface area (Å²) in [5.41, 5.74) is 8.61. The minimum atomic E-state index is -3.28. The molecule has 8 nitrogen and oxygen atoms in total. The monoisotopic (exact) mass is 558 g/mol. The van der Waals surface area contributed by atoms with E-state index in [9.17, 15) is 13.2 Å². The van der Waals surface area contributed by atoms with E-state index in [1.807, 2.05) is 41.8 Å². The van der Waals surface area contributed by atoms with Crippen molar-refractivity contribution in [2.75, 3.05) is 13.1 Å². The lowest BCUT2D eigenvalue weighted by Crippen LogP contribution is -2.36. The Hall–Kier alpha value is -2.92. The molecule has 0 aliphatic carbocycles. The molecule has 1 amide bonds. The molecule has 4 aromatic rings. The topological polar surface area (TPSA) is 116 Å². The fourth-order valence-electron chi connectivity index (χ4n) is 4.62. The highest BCUT2D eigenvalue weighted by Crippen LogP contribution is 2.37. The smallest absolute Gasteiger partial charge is 0.262 e. The number of halogens is 1. The average Bonchev–Trinajstić information content (AvgIpc) is 3.48. The minimum Gasteiger partial charge on any atom is -0.484 e. The van der Waals surface area contributed by atoms with Gasteiger partial charge in [0, 0.05) is 16.7 Å². The zero-order valence-corrected chi connectivity index (χ0v) is 22.6. The zero-order valence-electron chi connectivity index (χ0n) is 20.2. The SMILES string of the molecule is CC(Oc1cc(-n2cnc3ccc(CS(=O)(=O)C4CCNCC4)cc32)sc1C(N)=O)c1ccccc1Cl. The first-order valence-electron chi connectivity index (χ1n) is 12.0. The van der Waals surface area contributed by atoms with Gasteiger partial charge in [-0.1, -0.05) is 35.9 Å². The van der Waals surface area contributed by atoms with Crippen LogP contribution >= 0.6 is 22.9 Å². The third kappa shape index (κ3) is 5.38. The largest absolute Gasteiger partial charge is 0.484 e. The molecule has 0 bridgehead atoms. The van der Waals surface area contributed by atoms with E-state index in [2.05, 4.69) is 10.3 Å². The van der Waals surface area contributed by atoms with Crippen molar-refractivity contribution in [3.05, 3.63) is 75.9 Å². The van der Waals surface area contributed by atoms with Crippen molar-refractivity contribution in [1.29, 1.82) is 0 Å². The maximum absolute atomic E-state index is 13.0. The van der Waals surface area contributed by atoms with E-state index >= 15 is 0 Å². The normalized spacial score (nSPS) is 15.6. The van der Waals surface area contributed by atoms with Gasteiger partial charge in [-0.2, -0.15) is 0 Å². The standard InChI is InChI=1S/C26H27ClN4O4S2/c1-16(19-4-2-3-5-20(19)27)35-23-13-24(36-25(23)26(28)32)31-15-30-21-7-6-17(12-22(21)31)14-37(33,34)18-8-10-29-11-9-18/h2-7,12-13,15-16,18,29H,8-11,14H2,1H3,(H2,28,32). The number of ether oxygens (including phenoxy) is 1. The molecule has 2 aromatic carbocycles. The molecule has 194 valence electrons. The maximum Gasteiger partial charge on any atom is 0.262 e. The Morgan fingerprint density at radius 1 is 1.24 bits per heavy atom. The Morgan fingerprint density at radius 2 is 2.00 bits per heavy atom. The van der Waals surface area contributed by atoms with Crippen molar-refractivity contribution in [3.8, 4) is 10.8 Å². The lowest BCUT2D eigenvalue weighted by Gasteiger charge is -2.22. The third-order valence-electron chi connectivity index (χ3n) is 6.57. The van der Waals surface area contributed by atoms with Crippen LogP contribution in [0.15, 0.2) is 54.9 Å². The molecule has 11 heteroatoms. The highest BCUT2D eigenvalue weighted by atomic mass is 35.5. The fraction of sp³-hybridized carbons (Fsp3) is 0.308. The van der Waals surface area contributed by atoms with Gasteiger partial charge in [-0.05, 0) is 56.6 Å². The Morgan fingerprint density at radius 3 is 2.73 bits per heavy atom. The summed E-state index contributed by atoms with van der Waals surface area (Å²) in [5.74, 6) is -0.276. The van der Waals surface area contributed by atoms with Crippen LogP contribution in [0.25, 0.3) is 16.0 Å². The molecule has 0 spiro atoms. The second-order valence-electron chi connectivity index (χ2n) is 9.12. The summed E-state index contributed by atoms with van der Waals surface area (Å²) >= 11 is 7.51. The molecule has 1 fully saturated rings. The number of piperidine rings is 1. The van der Waals surface area contributed by atoms with Crippen LogP contribution in [-0.2, 0) is 15.6 Å². The second kappa shape index (κ2) is 10.4. The molecule has 37 heavy (non-hydrogen) atoms. The Labute approximate surface area is 224 Å². The Balaban J connectivity index is 1.46. The van der Waals surface area contributed by atoms with Crippen LogP contribution in [0.5, 0.6) is 5.75 Å². The van der Waals surface area contributed by atoms with E-state index in [1.54, 1.807) is 24.5 Å². The zero-order chi connectivity index (χ0) is 26.2. The number of carbonyl (C=O) groups is 1. The second-order valence-corrected chi connectivity index (χ2v) is 12.8. The van der Waals surface area contributed by atoms with Crippen LogP contribution < -0.4 is 15.8 Å². The third-order valence-corrected chi connectivity index (χ3v) is 10.3. The van der Waals surface area contributed by atoms with Crippen LogP contribution in [0, 0.1) is 0 Å². The van der Waals surface area contributed by atoms with Gasteiger partial charge >= 0.3 is 0 Å². The number of nitrogens with two attached hydrogens (primary N) is 1. The van der Waals surface area contributed by atoms with Crippen molar-refractivity contribution in [2.45, 2.75) is 36.9 Å². The highest BCUT2D eigenvalue weighted by Gasteiger charge is 2.27. The summed E-state index contributed by atoms with van der Waals surface area (Å²) in [4.78, 5) is 17.0. The van der Waals surface area contributed by atoms with Gasteiger partial charge in [0.05, 0.1) is 22.0 Å². The molecule has 1 atom stereocenters. The fourth-order valence-corrected chi connectivity index (χ4v) is 7.67. The van der Waals surface area contributed by atoms with Gasteiger partial charge in [-0.25, -0.2) is 13.4 Å². The first-order chi connectivity index (χ1) is 17.7. The van der Waals surface area contributed by atoms with E-state index in [4.69, 9.17) is 22.1 Å². The molecule has 1 aliphatic heterocycles. The molecule has 1 aliphatic rings. The van der Waals surface area contributed by atoms with Crippen molar-refractivity contribution >= 4 is 49.7 Å². The van der Waals surface area contributed by atoms with Crippen molar-refractivity contribution in [2.24, 2.45) is 5.73 Å². The number of aromatic nitrogens is 2. The molecule has 1 saturated heterocycles. The van der Waals surface area contributed by atoms with Crippen LogP contribution in [0.2, 0.25) is 5.02 Å². The summed E-state index contributed by atoms with van der Waals surface area (Å²) in [6.45, 7) is 3.29.